The van der Waals surface area contributed by atoms with Crippen LogP contribution in [-0.2, 0) is 16.4 Å². The molecule has 0 saturated heterocycles. The van der Waals surface area contributed by atoms with Gasteiger partial charge < -0.3 is 5.32 Å². The van der Waals surface area contributed by atoms with E-state index in [1.165, 1.54) is 5.56 Å². The van der Waals surface area contributed by atoms with Crippen LogP contribution < -0.4 is 5.32 Å². The molecule has 3 rings (SSSR count). The van der Waals surface area contributed by atoms with Crippen LogP contribution in [0.2, 0.25) is 0 Å². The molecule has 23 heavy (non-hydrogen) atoms. The maximum absolute atomic E-state index is 12.4. The summed E-state index contributed by atoms with van der Waals surface area (Å²) < 4.78 is 28.7. The van der Waals surface area contributed by atoms with Gasteiger partial charge in [-0.05, 0) is 36.6 Å². The first kappa shape index (κ1) is 15.5. The fourth-order valence-corrected chi connectivity index (χ4v) is 4.00. The molecule has 0 amide bonds. The molecule has 2 aromatic rings. The lowest BCUT2D eigenvalue weighted by atomic mass is 10.1. The van der Waals surface area contributed by atoms with Gasteiger partial charge in [0.1, 0.15) is 10.7 Å². The summed E-state index contributed by atoms with van der Waals surface area (Å²) in [6.07, 6.45) is 0.965. The molecule has 0 radical (unpaired) electrons. The molecule has 0 atom stereocenters. The van der Waals surface area contributed by atoms with Crippen molar-refractivity contribution in [1.29, 1.82) is 0 Å². The quantitative estimate of drug-likeness (QED) is 0.932. The van der Waals surface area contributed by atoms with Crippen molar-refractivity contribution in [3.8, 4) is 0 Å². The minimum atomic E-state index is -3.67. The molecule has 2 aromatic carbocycles. The number of aryl methyl sites for hydroxylation is 1. The number of hydrogen-bond acceptors (Lipinski definition) is 3. The van der Waals surface area contributed by atoms with Gasteiger partial charge in [-0.3, -0.25) is 0 Å². The van der Waals surface area contributed by atoms with Crippen LogP contribution in [0.3, 0.4) is 0 Å². The van der Waals surface area contributed by atoms with Crippen LogP contribution in [0, 0.1) is 0 Å². The topological polar surface area (TPSA) is 58.5 Å². The second-order valence-electron chi connectivity index (χ2n) is 5.41. The molecule has 118 valence electrons. The second kappa shape index (κ2) is 6.01. The van der Waals surface area contributed by atoms with E-state index in [0.29, 0.717) is 17.0 Å². The zero-order chi connectivity index (χ0) is 16.4. The summed E-state index contributed by atoms with van der Waals surface area (Å²) >= 11 is 0. The third-order valence-corrected chi connectivity index (χ3v) is 5.31. The lowest BCUT2D eigenvalue weighted by Crippen LogP contribution is -2.11. The van der Waals surface area contributed by atoms with Crippen LogP contribution in [0.4, 0.5) is 5.69 Å². The van der Waals surface area contributed by atoms with Crippen molar-refractivity contribution in [2.45, 2.75) is 20.3 Å². The van der Waals surface area contributed by atoms with Crippen LogP contribution >= 0.6 is 0 Å². The molecule has 1 aliphatic rings. The van der Waals surface area contributed by atoms with Gasteiger partial charge in [0, 0.05) is 11.3 Å². The highest BCUT2D eigenvalue weighted by Crippen LogP contribution is 2.32. The van der Waals surface area contributed by atoms with Crippen molar-refractivity contribution in [3.05, 3.63) is 71.3 Å². The molecule has 1 N–H and O–H groups in total. The third kappa shape index (κ3) is 3.05. The highest BCUT2D eigenvalue weighted by Gasteiger charge is 2.30. The molecule has 1 heterocycles. The summed E-state index contributed by atoms with van der Waals surface area (Å²) in [6.45, 7) is 3.87. The summed E-state index contributed by atoms with van der Waals surface area (Å²) in [6, 6.07) is 17.0. The average molecular weight is 326 g/mol. The molecule has 0 saturated carbocycles. The normalized spacial score (nSPS) is 16.3. The van der Waals surface area contributed by atoms with Crippen molar-refractivity contribution in [1.82, 2.24) is 0 Å². The highest BCUT2D eigenvalue weighted by molar-refractivity contribution is 8.00. The van der Waals surface area contributed by atoms with E-state index in [9.17, 15) is 8.42 Å². The number of nitrogens with one attached hydrogen (secondary N) is 1. The largest absolute Gasteiger partial charge is 0.339 e. The average Bonchev–Trinajstić information content (AvgIpc) is 2.77. The summed E-state index contributed by atoms with van der Waals surface area (Å²) in [4.78, 5) is 0.269. The van der Waals surface area contributed by atoms with Crippen LogP contribution in [0.25, 0.3) is 4.91 Å². The number of hydrogen-bond donors (Lipinski definition) is 1. The zero-order valence-electron chi connectivity index (χ0n) is 13.1. The van der Waals surface area contributed by atoms with Gasteiger partial charge in [-0.2, -0.15) is 8.42 Å². The Hall–Kier alpha value is -2.40. The van der Waals surface area contributed by atoms with Crippen molar-refractivity contribution in [3.63, 3.8) is 0 Å². The molecular formula is C18H18N2O2S. The Labute approximate surface area is 136 Å². The van der Waals surface area contributed by atoms with E-state index in [4.69, 9.17) is 0 Å². The van der Waals surface area contributed by atoms with E-state index in [2.05, 4.69) is 16.6 Å². The Balaban J connectivity index is 1.95. The number of benzene rings is 2. The molecule has 0 fully saturated rings. The van der Waals surface area contributed by atoms with Crippen LogP contribution in [0.5, 0.6) is 0 Å². The maximum Gasteiger partial charge on any atom is 0.285 e. The third-order valence-electron chi connectivity index (χ3n) is 3.83. The van der Waals surface area contributed by atoms with Crippen molar-refractivity contribution >= 4 is 26.5 Å². The van der Waals surface area contributed by atoms with Gasteiger partial charge in [0.25, 0.3) is 10.0 Å². The van der Waals surface area contributed by atoms with Gasteiger partial charge in [-0.25, -0.2) is 0 Å². The molecule has 0 bridgehead atoms. The lowest BCUT2D eigenvalue weighted by Gasteiger charge is -2.07. The Morgan fingerprint density at radius 2 is 1.65 bits per heavy atom. The Morgan fingerprint density at radius 1 is 1.00 bits per heavy atom. The summed E-state index contributed by atoms with van der Waals surface area (Å²) in [5.41, 5.74) is 3.35. The smallest absolute Gasteiger partial charge is 0.285 e. The Kier molecular flexibility index (Phi) is 4.05. The maximum atomic E-state index is 12.4. The van der Waals surface area contributed by atoms with E-state index < -0.39 is 10.0 Å². The lowest BCUT2D eigenvalue weighted by molar-refractivity contribution is 0.608. The molecule has 1 aliphatic heterocycles. The van der Waals surface area contributed by atoms with E-state index >= 15 is 0 Å². The van der Waals surface area contributed by atoms with Crippen molar-refractivity contribution in [2.75, 3.05) is 5.32 Å². The van der Waals surface area contributed by atoms with E-state index in [1.807, 2.05) is 42.5 Å². The second-order valence-corrected chi connectivity index (χ2v) is 6.95. The van der Waals surface area contributed by atoms with Crippen LogP contribution in [0.1, 0.15) is 25.0 Å². The molecule has 0 aromatic heterocycles. The number of rotatable bonds is 3. The number of anilines is 1. The summed E-state index contributed by atoms with van der Waals surface area (Å²) in [7, 11) is -3.67. The number of amidine groups is 1. The summed E-state index contributed by atoms with van der Waals surface area (Å²) in [5, 5.41) is 3.11. The predicted octanol–water partition coefficient (Wildman–Crippen LogP) is 3.83. The molecule has 0 unspecified atom stereocenters. The van der Waals surface area contributed by atoms with E-state index in [-0.39, 0.29) is 4.91 Å². The monoisotopic (exact) mass is 326 g/mol. The minimum absolute atomic E-state index is 0.269. The number of nitrogens with zero attached hydrogens (tertiary/aromatic N) is 1. The van der Waals surface area contributed by atoms with Gasteiger partial charge in [-0.15, -0.1) is 4.40 Å². The minimum Gasteiger partial charge on any atom is -0.339 e. The Bertz CT molecular complexity index is 880. The SMILES string of the molecule is CCc1ccc(NC2=NS(=O)(=O)C(c3ccccc3)=C2C)cc1. The molecule has 0 aliphatic carbocycles. The van der Waals surface area contributed by atoms with Crippen molar-refractivity contribution in [2.24, 2.45) is 4.40 Å². The zero-order valence-corrected chi connectivity index (χ0v) is 13.9. The standard InChI is InChI=1S/C18H18N2O2S/c1-3-14-9-11-16(12-10-14)19-18-13(2)17(23(21,22)20-18)15-7-5-4-6-8-15/h4-12H,3H2,1-2H3,(H,19,20). The molecule has 0 spiro atoms. The fraction of sp³-hybridized carbons (Fsp3) is 0.167. The predicted molar refractivity (Wildman–Crippen MR) is 94.8 cm³/mol. The first-order chi connectivity index (χ1) is 11.0. The van der Waals surface area contributed by atoms with Gasteiger partial charge in [-0.1, -0.05) is 49.4 Å². The van der Waals surface area contributed by atoms with Gasteiger partial charge in [0.05, 0.1) is 0 Å². The summed E-state index contributed by atoms with van der Waals surface area (Å²) in [5.74, 6) is 0.383. The fourth-order valence-electron chi connectivity index (χ4n) is 2.57. The van der Waals surface area contributed by atoms with Gasteiger partial charge in [0.2, 0.25) is 0 Å². The highest BCUT2D eigenvalue weighted by atomic mass is 32.2. The van der Waals surface area contributed by atoms with Gasteiger partial charge >= 0.3 is 0 Å². The first-order valence-corrected chi connectivity index (χ1v) is 8.93. The van der Waals surface area contributed by atoms with E-state index in [1.54, 1.807) is 19.1 Å². The van der Waals surface area contributed by atoms with E-state index in [0.717, 1.165) is 12.1 Å². The molecule has 5 heteroatoms. The number of sulfonamides is 1. The first-order valence-electron chi connectivity index (χ1n) is 7.49. The molecular weight excluding hydrogens is 308 g/mol. The molecule has 4 nitrogen and oxygen atoms in total. The van der Waals surface area contributed by atoms with Crippen LogP contribution in [0.15, 0.2) is 64.6 Å². The van der Waals surface area contributed by atoms with Gasteiger partial charge in [0.15, 0.2) is 0 Å². The Morgan fingerprint density at radius 3 is 2.26 bits per heavy atom. The van der Waals surface area contributed by atoms with Crippen molar-refractivity contribution < 1.29 is 8.42 Å². The van der Waals surface area contributed by atoms with Crippen LogP contribution in [-0.4, -0.2) is 14.3 Å².